The SMILES string of the molecule is N#Cc1c(F)cc(C2(O)CC3COCC(C2)N3C(=O)OCc2ccccc2)cc1F. The van der Waals surface area contributed by atoms with E-state index in [1.165, 1.54) is 6.07 Å². The highest BCUT2D eigenvalue weighted by Gasteiger charge is 2.49. The zero-order valence-corrected chi connectivity index (χ0v) is 16.1. The van der Waals surface area contributed by atoms with Crippen LogP contribution < -0.4 is 0 Å². The molecule has 0 spiro atoms. The van der Waals surface area contributed by atoms with E-state index in [1.54, 1.807) is 4.90 Å². The summed E-state index contributed by atoms with van der Waals surface area (Å²) < 4.78 is 39.2. The number of benzene rings is 2. The number of nitriles is 1. The number of hydrogen-bond donors (Lipinski definition) is 1. The first-order valence-corrected chi connectivity index (χ1v) is 9.60. The molecule has 2 aliphatic heterocycles. The van der Waals surface area contributed by atoms with E-state index in [1.807, 2.05) is 30.3 Å². The average Bonchev–Trinajstić information content (AvgIpc) is 2.72. The van der Waals surface area contributed by atoms with Gasteiger partial charge in [-0.25, -0.2) is 13.6 Å². The lowest BCUT2D eigenvalue weighted by molar-refractivity contribution is -0.137. The van der Waals surface area contributed by atoms with Gasteiger partial charge in [-0.15, -0.1) is 0 Å². The monoisotopic (exact) mass is 414 g/mol. The molecular formula is C22H20F2N2O4. The highest BCUT2D eigenvalue weighted by atomic mass is 19.1. The number of amides is 1. The smallest absolute Gasteiger partial charge is 0.410 e. The van der Waals surface area contributed by atoms with Crippen LogP contribution in [0.25, 0.3) is 0 Å². The molecule has 1 amide bonds. The van der Waals surface area contributed by atoms with Crippen molar-refractivity contribution in [1.82, 2.24) is 4.90 Å². The van der Waals surface area contributed by atoms with Gasteiger partial charge in [-0.05, 0) is 23.3 Å². The van der Waals surface area contributed by atoms with Crippen LogP contribution in [0.5, 0.6) is 0 Å². The minimum absolute atomic E-state index is 0.0364. The highest BCUT2D eigenvalue weighted by molar-refractivity contribution is 5.69. The van der Waals surface area contributed by atoms with Gasteiger partial charge in [0.15, 0.2) is 0 Å². The number of rotatable bonds is 3. The van der Waals surface area contributed by atoms with E-state index in [9.17, 15) is 18.7 Å². The number of piperidine rings is 1. The van der Waals surface area contributed by atoms with E-state index < -0.39 is 41.0 Å². The molecule has 2 atom stereocenters. The van der Waals surface area contributed by atoms with Gasteiger partial charge >= 0.3 is 6.09 Å². The van der Waals surface area contributed by atoms with Gasteiger partial charge < -0.3 is 14.6 Å². The van der Waals surface area contributed by atoms with Crippen LogP contribution in [0, 0.1) is 23.0 Å². The maximum Gasteiger partial charge on any atom is 0.410 e. The van der Waals surface area contributed by atoms with Gasteiger partial charge in [0.2, 0.25) is 0 Å². The summed E-state index contributed by atoms with van der Waals surface area (Å²) in [5, 5.41) is 20.1. The second-order valence-corrected chi connectivity index (χ2v) is 7.66. The fraction of sp³-hybridized carbons (Fsp3) is 0.364. The zero-order chi connectivity index (χ0) is 21.3. The minimum Gasteiger partial charge on any atom is -0.445 e. The Balaban J connectivity index is 1.53. The number of hydrogen-bond acceptors (Lipinski definition) is 5. The Morgan fingerprint density at radius 1 is 1.20 bits per heavy atom. The maximum absolute atomic E-state index is 14.1. The molecule has 6 nitrogen and oxygen atoms in total. The molecular weight excluding hydrogens is 394 g/mol. The molecule has 156 valence electrons. The summed E-state index contributed by atoms with van der Waals surface area (Å²) in [7, 11) is 0. The largest absolute Gasteiger partial charge is 0.445 e. The molecule has 1 N–H and O–H groups in total. The highest BCUT2D eigenvalue weighted by Crippen LogP contribution is 2.42. The number of ether oxygens (including phenoxy) is 2. The third kappa shape index (κ3) is 3.74. The first kappa shape index (κ1) is 20.3. The summed E-state index contributed by atoms with van der Waals surface area (Å²) >= 11 is 0. The van der Waals surface area contributed by atoms with Gasteiger partial charge in [0, 0.05) is 12.8 Å². The topological polar surface area (TPSA) is 82.8 Å². The Labute approximate surface area is 172 Å². The quantitative estimate of drug-likeness (QED) is 0.834. The van der Waals surface area contributed by atoms with E-state index in [2.05, 4.69) is 0 Å². The molecule has 30 heavy (non-hydrogen) atoms. The lowest BCUT2D eigenvalue weighted by atomic mass is 9.76. The van der Waals surface area contributed by atoms with Gasteiger partial charge in [-0.3, -0.25) is 4.90 Å². The molecule has 2 fully saturated rings. The molecule has 2 bridgehead atoms. The van der Waals surface area contributed by atoms with Crippen molar-refractivity contribution in [3.05, 3.63) is 70.8 Å². The Hall–Kier alpha value is -3.02. The molecule has 2 heterocycles. The molecule has 4 rings (SSSR count). The number of fused-ring (bicyclic) bond motifs is 2. The van der Waals surface area contributed by atoms with Crippen molar-refractivity contribution < 1.29 is 28.2 Å². The molecule has 2 saturated heterocycles. The fourth-order valence-electron chi connectivity index (χ4n) is 4.25. The second-order valence-electron chi connectivity index (χ2n) is 7.66. The molecule has 2 aromatic carbocycles. The zero-order valence-electron chi connectivity index (χ0n) is 16.1. The van der Waals surface area contributed by atoms with Crippen LogP contribution in [0.15, 0.2) is 42.5 Å². The summed E-state index contributed by atoms with van der Waals surface area (Å²) in [4.78, 5) is 14.3. The van der Waals surface area contributed by atoms with Gasteiger partial charge in [0.1, 0.15) is 29.9 Å². The molecule has 2 unspecified atom stereocenters. The van der Waals surface area contributed by atoms with Crippen molar-refractivity contribution >= 4 is 6.09 Å². The van der Waals surface area contributed by atoms with Crippen LogP contribution in [-0.4, -0.2) is 41.4 Å². The van der Waals surface area contributed by atoms with E-state index in [0.717, 1.165) is 17.7 Å². The lowest BCUT2D eigenvalue weighted by Crippen LogP contribution is -2.62. The Morgan fingerprint density at radius 3 is 2.37 bits per heavy atom. The number of aliphatic hydroxyl groups is 1. The number of halogens is 2. The van der Waals surface area contributed by atoms with Crippen LogP contribution in [0.4, 0.5) is 13.6 Å². The van der Waals surface area contributed by atoms with E-state index in [4.69, 9.17) is 14.7 Å². The Morgan fingerprint density at radius 2 is 1.80 bits per heavy atom. The Bertz CT molecular complexity index is 955. The van der Waals surface area contributed by atoms with Crippen LogP contribution in [-0.2, 0) is 21.7 Å². The van der Waals surface area contributed by atoms with Crippen LogP contribution >= 0.6 is 0 Å². The summed E-state index contributed by atoms with van der Waals surface area (Å²) in [5.74, 6) is -2.04. The molecule has 2 aliphatic rings. The minimum atomic E-state index is -1.55. The third-order valence-corrected chi connectivity index (χ3v) is 5.66. The van der Waals surface area contributed by atoms with Crippen molar-refractivity contribution in [2.24, 2.45) is 0 Å². The van der Waals surface area contributed by atoms with Crippen molar-refractivity contribution in [2.45, 2.75) is 37.1 Å². The van der Waals surface area contributed by atoms with Gasteiger partial charge in [0.05, 0.1) is 30.9 Å². The first-order chi connectivity index (χ1) is 14.4. The lowest BCUT2D eigenvalue weighted by Gasteiger charge is -2.51. The standard InChI is InChI=1S/C22H20F2N2O4/c23-19-6-15(7-20(24)18(19)10-25)22(28)8-16-12-29-13-17(9-22)26(16)21(27)30-11-14-4-2-1-3-5-14/h1-7,16-17,28H,8-9,11-13H2. The number of carbonyl (C=O) groups excluding carboxylic acids is 1. The predicted molar refractivity (Wildman–Crippen MR) is 101 cm³/mol. The third-order valence-electron chi connectivity index (χ3n) is 5.66. The van der Waals surface area contributed by atoms with Crippen LogP contribution in [0.1, 0.15) is 29.5 Å². The molecule has 8 heteroatoms. The summed E-state index contributed by atoms with van der Waals surface area (Å²) in [5.41, 5.74) is -1.34. The fourth-order valence-corrected chi connectivity index (χ4v) is 4.25. The number of morpholine rings is 1. The van der Waals surface area contributed by atoms with E-state index in [0.29, 0.717) is 0 Å². The normalized spacial score (nSPS) is 25.5. The van der Waals surface area contributed by atoms with Gasteiger partial charge in [-0.2, -0.15) is 5.26 Å². The second kappa shape index (κ2) is 8.01. The van der Waals surface area contributed by atoms with Crippen molar-refractivity contribution in [3.8, 4) is 6.07 Å². The maximum atomic E-state index is 14.1. The van der Waals surface area contributed by atoms with E-state index >= 15 is 0 Å². The van der Waals surface area contributed by atoms with Crippen molar-refractivity contribution in [2.75, 3.05) is 13.2 Å². The predicted octanol–water partition coefficient (Wildman–Crippen LogP) is 3.22. The molecule has 0 radical (unpaired) electrons. The molecule has 0 aliphatic carbocycles. The molecule has 0 aromatic heterocycles. The van der Waals surface area contributed by atoms with Crippen molar-refractivity contribution in [3.63, 3.8) is 0 Å². The van der Waals surface area contributed by atoms with Crippen LogP contribution in [0.2, 0.25) is 0 Å². The first-order valence-electron chi connectivity index (χ1n) is 9.60. The van der Waals surface area contributed by atoms with Crippen LogP contribution in [0.3, 0.4) is 0 Å². The summed E-state index contributed by atoms with van der Waals surface area (Å²) in [6.45, 7) is 0.480. The molecule has 2 aromatic rings. The van der Waals surface area contributed by atoms with Gasteiger partial charge in [-0.1, -0.05) is 30.3 Å². The molecule has 0 saturated carbocycles. The number of nitrogens with zero attached hydrogens (tertiary/aromatic N) is 2. The van der Waals surface area contributed by atoms with Gasteiger partial charge in [0.25, 0.3) is 0 Å². The van der Waals surface area contributed by atoms with Crippen molar-refractivity contribution in [1.29, 1.82) is 5.26 Å². The average molecular weight is 414 g/mol. The van der Waals surface area contributed by atoms with E-state index in [-0.39, 0.29) is 38.2 Å². The summed E-state index contributed by atoms with van der Waals surface area (Å²) in [6, 6.07) is 11.7. The Kier molecular flexibility index (Phi) is 5.41. The summed E-state index contributed by atoms with van der Waals surface area (Å²) in [6.07, 6.45) is -0.444. The number of carbonyl (C=O) groups is 1.